The Kier molecular flexibility index (Phi) is 6.55. The standard InChI is InChI=1S/C18H30O2/c1-6-7-11-15(18(2,3)4)13-14-10-8-9-12-16(14)17(19)20-5/h16H,6-12H2,1-5H3. The summed E-state index contributed by atoms with van der Waals surface area (Å²) in [4.78, 5) is 11.9. The summed E-state index contributed by atoms with van der Waals surface area (Å²) in [6.07, 6.45) is 7.65. The fraction of sp³-hybridized carbons (Fsp3) is 0.778. The Balaban J connectivity index is 3.14. The minimum atomic E-state index is -0.0871. The van der Waals surface area contributed by atoms with Crippen molar-refractivity contribution in [3.63, 3.8) is 0 Å². The number of ether oxygens (including phenoxy) is 1. The van der Waals surface area contributed by atoms with Crippen LogP contribution in [0.5, 0.6) is 0 Å². The predicted molar refractivity (Wildman–Crippen MR) is 83.5 cm³/mol. The third kappa shape index (κ3) is 4.83. The van der Waals surface area contributed by atoms with E-state index in [2.05, 4.69) is 33.4 Å². The molecule has 2 nitrogen and oxygen atoms in total. The maximum atomic E-state index is 11.9. The maximum absolute atomic E-state index is 11.9. The van der Waals surface area contributed by atoms with Crippen LogP contribution in [-0.2, 0) is 9.53 Å². The molecule has 1 unspecified atom stereocenters. The van der Waals surface area contributed by atoms with E-state index >= 15 is 0 Å². The lowest BCUT2D eigenvalue weighted by Gasteiger charge is -2.25. The Morgan fingerprint density at radius 2 is 2.05 bits per heavy atom. The molecule has 0 N–H and O–H groups in total. The van der Waals surface area contributed by atoms with Crippen LogP contribution in [0.3, 0.4) is 0 Å². The zero-order chi connectivity index (χ0) is 15.2. The minimum Gasteiger partial charge on any atom is -0.469 e. The van der Waals surface area contributed by atoms with Crippen LogP contribution in [0.4, 0.5) is 0 Å². The van der Waals surface area contributed by atoms with Crippen molar-refractivity contribution in [2.75, 3.05) is 7.11 Å². The average Bonchev–Trinajstić information content (AvgIpc) is 2.41. The largest absolute Gasteiger partial charge is 0.469 e. The van der Waals surface area contributed by atoms with Gasteiger partial charge in [0.2, 0.25) is 0 Å². The number of rotatable bonds is 4. The number of carbonyl (C=O) groups excluding carboxylic acids is 1. The van der Waals surface area contributed by atoms with Crippen molar-refractivity contribution >= 4 is 5.97 Å². The zero-order valence-electron chi connectivity index (χ0n) is 13.8. The second-order valence-electron chi connectivity index (χ2n) is 6.80. The monoisotopic (exact) mass is 278 g/mol. The number of hydrogen-bond donors (Lipinski definition) is 0. The van der Waals surface area contributed by atoms with Crippen molar-refractivity contribution in [3.05, 3.63) is 16.9 Å². The van der Waals surface area contributed by atoms with Crippen molar-refractivity contribution in [1.82, 2.24) is 0 Å². The molecule has 0 saturated heterocycles. The molecule has 1 fully saturated rings. The molecule has 0 radical (unpaired) electrons. The van der Waals surface area contributed by atoms with Crippen LogP contribution in [-0.4, -0.2) is 13.1 Å². The predicted octanol–water partition coefficient (Wildman–Crippen LogP) is 5.04. The molecule has 0 aliphatic heterocycles. The lowest BCUT2D eigenvalue weighted by molar-refractivity contribution is -0.144. The first-order chi connectivity index (χ1) is 9.40. The molecule has 0 aromatic carbocycles. The highest BCUT2D eigenvalue weighted by molar-refractivity contribution is 5.75. The Bertz CT molecular complexity index is 392. The lowest BCUT2D eigenvalue weighted by Crippen LogP contribution is -2.21. The van der Waals surface area contributed by atoms with E-state index in [0.717, 1.165) is 25.7 Å². The molecule has 1 saturated carbocycles. The summed E-state index contributed by atoms with van der Waals surface area (Å²) in [6, 6.07) is 0. The second-order valence-corrected chi connectivity index (χ2v) is 6.80. The molecule has 1 rings (SSSR count). The highest BCUT2D eigenvalue weighted by Crippen LogP contribution is 2.33. The summed E-state index contributed by atoms with van der Waals surface area (Å²) < 4.78 is 4.96. The molecule has 1 aliphatic rings. The van der Waals surface area contributed by atoms with E-state index in [1.54, 1.807) is 0 Å². The molecule has 1 aliphatic carbocycles. The quantitative estimate of drug-likeness (QED) is 0.532. The van der Waals surface area contributed by atoms with Gasteiger partial charge in [0.05, 0.1) is 13.0 Å². The van der Waals surface area contributed by atoms with Gasteiger partial charge >= 0.3 is 5.97 Å². The van der Waals surface area contributed by atoms with Gasteiger partial charge in [0.25, 0.3) is 0 Å². The fourth-order valence-electron chi connectivity index (χ4n) is 2.74. The summed E-state index contributed by atoms with van der Waals surface area (Å²) in [7, 11) is 1.49. The van der Waals surface area contributed by atoms with E-state index in [0.29, 0.717) is 0 Å². The molecule has 0 spiro atoms. The smallest absolute Gasteiger partial charge is 0.313 e. The van der Waals surface area contributed by atoms with E-state index in [4.69, 9.17) is 4.74 Å². The summed E-state index contributed by atoms with van der Waals surface area (Å²) >= 11 is 0. The van der Waals surface area contributed by atoms with Crippen LogP contribution in [0, 0.1) is 11.3 Å². The number of unbranched alkanes of at least 4 members (excludes halogenated alkanes) is 1. The van der Waals surface area contributed by atoms with E-state index in [-0.39, 0.29) is 17.3 Å². The van der Waals surface area contributed by atoms with Crippen molar-refractivity contribution < 1.29 is 9.53 Å². The van der Waals surface area contributed by atoms with Crippen molar-refractivity contribution in [2.24, 2.45) is 11.3 Å². The minimum absolute atomic E-state index is 0.0623. The zero-order valence-corrected chi connectivity index (χ0v) is 13.8. The van der Waals surface area contributed by atoms with Gasteiger partial charge in [-0.05, 0) is 48.7 Å². The molecular weight excluding hydrogens is 248 g/mol. The first-order valence-electron chi connectivity index (χ1n) is 7.97. The number of methoxy groups -OCH3 is 1. The third-order valence-corrected chi connectivity index (χ3v) is 4.09. The topological polar surface area (TPSA) is 26.3 Å². The molecule has 0 amide bonds. The Morgan fingerprint density at radius 1 is 1.35 bits per heavy atom. The molecule has 2 heteroatoms. The molecule has 0 aromatic rings. The Hall–Kier alpha value is -1.01. The lowest BCUT2D eigenvalue weighted by atomic mass is 9.80. The van der Waals surface area contributed by atoms with E-state index in [1.807, 2.05) is 0 Å². The molecule has 1 atom stereocenters. The van der Waals surface area contributed by atoms with Gasteiger partial charge in [-0.3, -0.25) is 4.79 Å². The van der Waals surface area contributed by atoms with Gasteiger partial charge in [-0.1, -0.05) is 40.5 Å². The van der Waals surface area contributed by atoms with Crippen LogP contribution in [0.25, 0.3) is 0 Å². The first-order valence-corrected chi connectivity index (χ1v) is 7.97. The molecule has 0 aromatic heterocycles. The van der Waals surface area contributed by atoms with Crippen molar-refractivity contribution in [1.29, 1.82) is 0 Å². The van der Waals surface area contributed by atoms with Crippen LogP contribution in [0.1, 0.15) is 72.6 Å². The molecule has 114 valence electrons. The van der Waals surface area contributed by atoms with E-state index in [1.165, 1.54) is 37.5 Å². The normalized spacial score (nSPS) is 19.4. The van der Waals surface area contributed by atoms with Gasteiger partial charge in [-0.15, -0.1) is 5.73 Å². The highest BCUT2D eigenvalue weighted by Gasteiger charge is 2.27. The number of hydrogen-bond acceptors (Lipinski definition) is 2. The van der Waals surface area contributed by atoms with Gasteiger partial charge in [-0.25, -0.2) is 0 Å². The van der Waals surface area contributed by atoms with Gasteiger partial charge in [0, 0.05) is 0 Å². The van der Waals surface area contributed by atoms with Crippen LogP contribution < -0.4 is 0 Å². The van der Waals surface area contributed by atoms with Gasteiger partial charge in [0.15, 0.2) is 0 Å². The number of carbonyl (C=O) groups is 1. The van der Waals surface area contributed by atoms with Crippen LogP contribution in [0.2, 0.25) is 0 Å². The molecule has 20 heavy (non-hydrogen) atoms. The Labute approximate surface area is 124 Å². The Morgan fingerprint density at radius 3 is 2.60 bits per heavy atom. The van der Waals surface area contributed by atoms with E-state index < -0.39 is 0 Å². The third-order valence-electron chi connectivity index (χ3n) is 4.09. The summed E-state index contributed by atoms with van der Waals surface area (Å²) in [6.45, 7) is 8.93. The first kappa shape index (κ1) is 17.0. The van der Waals surface area contributed by atoms with Crippen molar-refractivity contribution in [3.8, 4) is 0 Å². The van der Waals surface area contributed by atoms with Crippen LogP contribution >= 0.6 is 0 Å². The maximum Gasteiger partial charge on any atom is 0.313 e. The molecule has 0 heterocycles. The number of esters is 1. The molecule has 0 bridgehead atoms. The summed E-state index contributed by atoms with van der Waals surface area (Å²) in [5, 5.41) is 0. The van der Waals surface area contributed by atoms with Crippen molar-refractivity contribution in [2.45, 2.75) is 72.6 Å². The second kappa shape index (κ2) is 7.69. The summed E-state index contributed by atoms with van der Waals surface area (Å²) in [5.74, 6) is -0.149. The SMILES string of the molecule is CCCCC(=C=C1CCCCC1C(=O)OC)C(C)(C)C. The summed E-state index contributed by atoms with van der Waals surface area (Å²) in [5.41, 5.74) is 6.28. The van der Waals surface area contributed by atoms with Gasteiger partial charge in [-0.2, -0.15) is 0 Å². The average molecular weight is 278 g/mol. The van der Waals surface area contributed by atoms with Crippen LogP contribution in [0.15, 0.2) is 16.9 Å². The highest BCUT2D eigenvalue weighted by atomic mass is 16.5. The van der Waals surface area contributed by atoms with Gasteiger partial charge in [0.1, 0.15) is 0 Å². The van der Waals surface area contributed by atoms with Gasteiger partial charge < -0.3 is 4.74 Å². The fourth-order valence-corrected chi connectivity index (χ4v) is 2.74. The van der Waals surface area contributed by atoms with E-state index in [9.17, 15) is 4.79 Å². The molecular formula is C18H30O2.